The molecule has 0 amide bonds. The normalized spacial score (nSPS) is 11.0. The summed E-state index contributed by atoms with van der Waals surface area (Å²) in [7, 11) is 12.0. The van der Waals surface area contributed by atoms with E-state index in [9.17, 15) is 0 Å². The molecule has 2 aromatic rings. The topological polar surface area (TPSA) is 3.24 Å². The van der Waals surface area contributed by atoms with Crippen molar-refractivity contribution in [3.63, 3.8) is 0 Å². The minimum atomic E-state index is -1.82. The molecule has 0 saturated heterocycles. The zero-order chi connectivity index (χ0) is 13.7. The van der Waals surface area contributed by atoms with Crippen molar-refractivity contribution in [3.05, 3.63) is 60.2 Å². The molecule has 0 spiro atoms. The van der Waals surface area contributed by atoms with Crippen molar-refractivity contribution >= 4 is 35.4 Å². The molecule has 0 radical (unpaired) electrons. The number of benzene rings is 2. The van der Waals surface area contributed by atoms with Crippen molar-refractivity contribution in [3.8, 4) is 0 Å². The molecule has 1 nitrogen and oxygen atoms in total. The third-order valence-electron chi connectivity index (χ3n) is 2.80. The molecule has 0 aliphatic rings. The summed E-state index contributed by atoms with van der Waals surface area (Å²) in [6, 6.07) is 18.6. The molecule has 0 saturated carbocycles. The van der Waals surface area contributed by atoms with Gasteiger partial charge in [0.05, 0.1) is 0 Å². The van der Waals surface area contributed by atoms with Crippen LogP contribution in [0.5, 0.6) is 0 Å². The summed E-state index contributed by atoms with van der Waals surface area (Å²) >= 11 is -1.82. The monoisotopic (exact) mass is 381 g/mol. The number of halogens is 2. The molecule has 0 aliphatic carbocycles. The first kappa shape index (κ1) is 14.7. The van der Waals surface area contributed by atoms with Gasteiger partial charge in [-0.05, 0) is 0 Å². The van der Waals surface area contributed by atoms with Crippen molar-refractivity contribution in [2.45, 2.75) is 6.92 Å². The Kier molecular flexibility index (Phi) is 5.57. The van der Waals surface area contributed by atoms with E-state index in [1.165, 1.54) is 5.69 Å². The second-order valence-corrected chi connectivity index (χ2v) is 9.67. The van der Waals surface area contributed by atoms with Crippen LogP contribution in [-0.4, -0.2) is 11.2 Å². The molecule has 0 bridgehead atoms. The van der Waals surface area contributed by atoms with E-state index >= 15 is 0 Å². The van der Waals surface area contributed by atoms with Gasteiger partial charge in [-0.1, -0.05) is 0 Å². The van der Waals surface area contributed by atoms with E-state index < -0.39 is 13.5 Å². The van der Waals surface area contributed by atoms with Gasteiger partial charge < -0.3 is 0 Å². The van der Waals surface area contributed by atoms with E-state index in [1.807, 2.05) is 34.9 Å². The van der Waals surface area contributed by atoms with Crippen molar-refractivity contribution in [2.75, 3.05) is 11.4 Å². The summed E-state index contributed by atoms with van der Waals surface area (Å²) in [5.74, 6) is 0. The van der Waals surface area contributed by atoms with Crippen LogP contribution in [0.1, 0.15) is 12.5 Å². The summed E-state index contributed by atoms with van der Waals surface area (Å²) in [5.41, 5.74) is 3.43. The third-order valence-corrected chi connectivity index (χ3v) is 4.63. The first-order valence-electron chi connectivity index (χ1n) is 5.97. The van der Waals surface area contributed by atoms with Crippen LogP contribution in [0.25, 0.3) is 0 Å². The van der Waals surface area contributed by atoms with Crippen molar-refractivity contribution in [2.24, 2.45) is 0 Å². The minimum absolute atomic E-state index is 0.895. The van der Waals surface area contributed by atoms with E-state index in [0.29, 0.717) is 0 Å². The van der Waals surface area contributed by atoms with Crippen LogP contribution in [0.3, 0.4) is 0 Å². The van der Waals surface area contributed by atoms with E-state index in [-0.39, 0.29) is 0 Å². The molecule has 19 heavy (non-hydrogen) atoms. The fourth-order valence-electron chi connectivity index (χ4n) is 2.00. The van der Waals surface area contributed by atoms with Crippen molar-refractivity contribution in [1.29, 1.82) is 0 Å². The van der Waals surface area contributed by atoms with Gasteiger partial charge in [-0.2, -0.15) is 0 Å². The number of hydrogen-bond acceptors (Lipinski definition) is 1. The zero-order valence-corrected chi connectivity index (χ0v) is 13.8. The summed E-state index contributed by atoms with van der Waals surface area (Å²) in [6.07, 6.45) is 0. The van der Waals surface area contributed by atoms with Gasteiger partial charge >= 0.3 is 127 Å². The molecule has 0 fully saturated rings. The standard InChI is InChI=1S/C15H15N.2ClH.Ru/c1-3-16(14-10-5-4-6-11-14)15-12-8-7-9-13(15)2;;;/h2,4-12H,3H2,1H3;2*1H;/q;;;+2/p-2. The first-order valence-corrected chi connectivity index (χ1v) is 11.4. The summed E-state index contributed by atoms with van der Waals surface area (Å²) < 4.78 is 1.99. The molecular weight excluding hydrogens is 366 g/mol. The van der Waals surface area contributed by atoms with Gasteiger partial charge in [0.25, 0.3) is 0 Å². The van der Waals surface area contributed by atoms with Gasteiger partial charge in [0.2, 0.25) is 0 Å². The number of para-hydroxylation sites is 2. The Balaban J connectivity index is 2.47. The first-order chi connectivity index (χ1) is 9.22. The molecule has 0 atom stereocenters. The third kappa shape index (κ3) is 3.89. The number of nitrogens with zero attached hydrogens (tertiary/aromatic N) is 1. The molecule has 4 heteroatoms. The Morgan fingerprint density at radius 3 is 2.26 bits per heavy atom. The van der Waals surface area contributed by atoms with Crippen LogP contribution in [0.15, 0.2) is 54.6 Å². The molecular formula is C15H15Cl2NRu. The van der Waals surface area contributed by atoms with Gasteiger partial charge in [-0.25, -0.2) is 0 Å². The zero-order valence-electron chi connectivity index (χ0n) is 10.5. The van der Waals surface area contributed by atoms with Crippen LogP contribution in [0.4, 0.5) is 11.4 Å². The van der Waals surface area contributed by atoms with Gasteiger partial charge in [-0.15, -0.1) is 0 Å². The van der Waals surface area contributed by atoms with Crippen LogP contribution in [0.2, 0.25) is 0 Å². The fourth-order valence-corrected chi connectivity index (χ4v) is 3.82. The Labute approximate surface area is 127 Å². The number of rotatable bonds is 4. The Morgan fingerprint density at radius 1 is 1.00 bits per heavy atom. The second-order valence-electron chi connectivity index (χ2n) is 3.95. The average Bonchev–Trinajstić information content (AvgIpc) is 2.42. The molecule has 0 aromatic heterocycles. The molecule has 2 aromatic carbocycles. The summed E-state index contributed by atoms with van der Waals surface area (Å²) in [6.45, 7) is 3.03. The number of anilines is 2. The molecule has 0 unspecified atom stereocenters. The molecule has 2 rings (SSSR count). The Hall–Kier alpha value is -0.687. The fraction of sp³-hybridized carbons (Fsp3) is 0.133. The van der Waals surface area contributed by atoms with Crippen molar-refractivity contribution < 1.29 is 13.5 Å². The maximum absolute atomic E-state index is 6.01. The van der Waals surface area contributed by atoms with Gasteiger partial charge in [0, 0.05) is 0 Å². The molecule has 102 valence electrons. The van der Waals surface area contributed by atoms with Crippen LogP contribution in [0, 0.1) is 0 Å². The molecule has 0 N–H and O–H groups in total. The predicted octanol–water partition coefficient (Wildman–Crippen LogP) is 4.92. The van der Waals surface area contributed by atoms with Gasteiger partial charge in [-0.3, -0.25) is 0 Å². The summed E-state index contributed by atoms with van der Waals surface area (Å²) in [4.78, 5) is 2.26. The van der Waals surface area contributed by atoms with E-state index in [0.717, 1.165) is 17.8 Å². The Bertz CT molecular complexity index is 565. The Morgan fingerprint density at radius 2 is 1.63 bits per heavy atom. The maximum atomic E-state index is 6.01. The van der Waals surface area contributed by atoms with E-state index in [1.54, 1.807) is 0 Å². The van der Waals surface area contributed by atoms with Crippen molar-refractivity contribution in [1.82, 2.24) is 0 Å². The van der Waals surface area contributed by atoms with E-state index in [2.05, 4.69) is 36.1 Å². The van der Waals surface area contributed by atoms with Crippen LogP contribution in [-0.2, 0) is 13.5 Å². The van der Waals surface area contributed by atoms with Crippen LogP contribution < -0.4 is 4.90 Å². The van der Waals surface area contributed by atoms with Gasteiger partial charge in [0.1, 0.15) is 0 Å². The quantitative estimate of drug-likeness (QED) is 0.680. The number of hydrogen-bond donors (Lipinski definition) is 0. The van der Waals surface area contributed by atoms with Crippen LogP contribution >= 0.6 is 19.4 Å². The SMILES string of the molecule is CCN(c1ccccc1)c1ccccc1[CH]=[Ru]([Cl])[Cl]. The average molecular weight is 381 g/mol. The summed E-state index contributed by atoms with van der Waals surface area (Å²) in [5, 5.41) is 0. The second kappa shape index (κ2) is 7.19. The predicted molar refractivity (Wildman–Crippen MR) is 82.4 cm³/mol. The van der Waals surface area contributed by atoms with Gasteiger partial charge in [0.15, 0.2) is 0 Å². The molecule has 0 aliphatic heterocycles. The molecule has 0 heterocycles. The van der Waals surface area contributed by atoms with E-state index in [4.69, 9.17) is 19.4 Å².